The van der Waals surface area contributed by atoms with E-state index in [0.717, 1.165) is 17.0 Å². The molecule has 0 unspecified atom stereocenters. The van der Waals surface area contributed by atoms with Crippen LogP contribution in [-0.4, -0.2) is 15.3 Å². The van der Waals surface area contributed by atoms with Crippen LogP contribution in [0.3, 0.4) is 0 Å². The Labute approximate surface area is 149 Å². The minimum Gasteiger partial charge on any atom is -0.464 e. The monoisotopic (exact) mass is 349 g/mol. The average molecular weight is 349 g/mol. The molecular weight excluding hydrogens is 333 g/mol. The normalized spacial score (nSPS) is 11.0. The van der Waals surface area contributed by atoms with Gasteiger partial charge in [-0.1, -0.05) is 12.1 Å². The summed E-state index contributed by atoms with van der Waals surface area (Å²) in [5.41, 5.74) is 2.17. The van der Waals surface area contributed by atoms with Gasteiger partial charge >= 0.3 is 0 Å². The Bertz CT molecular complexity index is 1070. The predicted molar refractivity (Wildman–Crippen MR) is 94.3 cm³/mol. The van der Waals surface area contributed by atoms with E-state index in [2.05, 4.69) is 10.3 Å². The van der Waals surface area contributed by atoms with E-state index in [9.17, 15) is 9.18 Å². The van der Waals surface area contributed by atoms with Crippen LogP contribution in [0.1, 0.15) is 27.4 Å². The van der Waals surface area contributed by atoms with E-state index in [1.54, 1.807) is 41.2 Å². The van der Waals surface area contributed by atoms with Crippen LogP contribution in [0.2, 0.25) is 0 Å². The Morgan fingerprint density at radius 1 is 1.15 bits per heavy atom. The van der Waals surface area contributed by atoms with Crippen molar-refractivity contribution in [3.8, 4) is 0 Å². The molecule has 3 heterocycles. The number of carbonyl (C=O) groups excluding carboxylic acids is 1. The third kappa shape index (κ3) is 3.49. The van der Waals surface area contributed by atoms with Gasteiger partial charge in [-0.15, -0.1) is 0 Å². The van der Waals surface area contributed by atoms with Crippen molar-refractivity contribution >= 4 is 11.6 Å². The number of imidazole rings is 1. The van der Waals surface area contributed by atoms with E-state index in [1.807, 2.05) is 18.2 Å². The molecule has 4 rings (SSSR count). The van der Waals surface area contributed by atoms with Crippen molar-refractivity contribution < 1.29 is 13.6 Å². The number of fused-ring (bicyclic) bond motifs is 1. The maximum absolute atomic E-state index is 13.2. The number of amides is 1. The zero-order valence-corrected chi connectivity index (χ0v) is 13.9. The summed E-state index contributed by atoms with van der Waals surface area (Å²) < 4.78 is 20.7. The fourth-order valence-corrected chi connectivity index (χ4v) is 2.78. The van der Waals surface area contributed by atoms with Crippen molar-refractivity contribution in [3.63, 3.8) is 0 Å². The van der Waals surface area contributed by atoms with E-state index in [4.69, 9.17) is 4.42 Å². The molecule has 26 heavy (non-hydrogen) atoms. The molecule has 3 aromatic heterocycles. The summed E-state index contributed by atoms with van der Waals surface area (Å²) in [5.74, 6) is 0.910. The van der Waals surface area contributed by atoms with Crippen LogP contribution >= 0.6 is 0 Å². The second-order valence-electron chi connectivity index (χ2n) is 5.97. The number of furan rings is 1. The molecule has 5 nitrogen and oxygen atoms in total. The van der Waals surface area contributed by atoms with Crippen LogP contribution < -0.4 is 5.32 Å². The maximum atomic E-state index is 13.2. The lowest BCUT2D eigenvalue weighted by Gasteiger charge is -2.04. The summed E-state index contributed by atoms with van der Waals surface area (Å²) in [6, 6.07) is 13.6. The average Bonchev–Trinajstić information content (AvgIpc) is 3.28. The number of benzene rings is 1. The van der Waals surface area contributed by atoms with Gasteiger partial charge in [0.15, 0.2) is 0 Å². The van der Waals surface area contributed by atoms with Crippen LogP contribution in [0.4, 0.5) is 4.39 Å². The summed E-state index contributed by atoms with van der Waals surface area (Å²) in [5, 5.41) is 2.83. The molecule has 0 bridgehead atoms. The second-order valence-corrected chi connectivity index (χ2v) is 5.97. The summed E-state index contributed by atoms with van der Waals surface area (Å²) in [7, 11) is 0. The van der Waals surface area contributed by atoms with E-state index in [-0.39, 0.29) is 18.3 Å². The minimum absolute atomic E-state index is 0.191. The van der Waals surface area contributed by atoms with Gasteiger partial charge in [0.05, 0.1) is 12.1 Å². The molecule has 0 saturated carbocycles. The molecule has 1 aromatic carbocycles. The third-order valence-electron chi connectivity index (χ3n) is 4.06. The minimum atomic E-state index is -0.267. The van der Waals surface area contributed by atoms with E-state index < -0.39 is 0 Å². The molecule has 0 radical (unpaired) electrons. The molecule has 0 atom stereocenters. The largest absolute Gasteiger partial charge is 0.464 e. The van der Waals surface area contributed by atoms with Gasteiger partial charge < -0.3 is 14.1 Å². The van der Waals surface area contributed by atoms with Crippen LogP contribution in [0.25, 0.3) is 5.65 Å². The summed E-state index contributed by atoms with van der Waals surface area (Å²) in [4.78, 5) is 16.4. The van der Waals surface area contributed by atoms with Gasteiger partial charge in [0.25, 0.3) is 5.91 Å². The van der Waals surface area contributed by atoms with Crippen molar-refractivity contribution in [2.24, 2.45) is 0 Å². The molecule has 0 aliphatic heterocycles. The molecule has 4 aromatic rings. The number of carbonyl (C=O) groups is 1. The highest BCUT2D eigenvalue weighted by atomic mass is 19.1. The predicted octanol–water partition coefficient (Wildman–Crippen LogP) is 3.59. The van der Waals surface area contributed by atoms with Gasteiger partial charge in [0, 0.05) is 25.0 Å². The van der Waals surface area contributed by atoms with Crippen molar-refractivity contribution in [2.45, 2.75) is 13.0 Å². The number of pyridine rings is 1. The smallest absolute Gasteiger partial charge is 0.253 e. The zero-order chi connectivity index (χ0) is 17.9. The zero-order valence-electron chi connectivity index (χ0n) is 13.9. The Hall–Kier alpha value is -3.41. The Morgan fingerprint density at radius 2 is 2.04 bits per heavy atom. The first kappa shape index (κ1) is 16.1. The van der Waals surface area contributed by atoms with Crippen molar-refractivity contribution in [2.75, 3.05) is 0 Å². The van der Waals surface area contributed by atoms with Crippen LogP contribution in [-0.2, 0) is 13.0 Å². The van der Waals surface area contributed by atoms with Gasteiger partial charge in [-0.25, -0.2) is 9.37 Å². The first-order valence-corrected chi connectivity index (χ1v) is 8.20. The lowest BCUT2D eigenvalue weighted by molar-refractivity contribution is 0.0947. The third-order valence-corrected chi connectivity index (χ3v) is 4.06. The lowest BCUT2D eigenvalue weighted by atomic mass is 10.1. The molecule has 0 spiro atoms. The summed E-state index contributed by atoms with van der Waals surface area (Å²) in [6.07, 6.45) is 5.70. The van der Waals surface area contributed by atoms with Gasteiger partial charge in [-0.3, -0.25) is 4.79 Å². The molecule has 0 aliphatic carbocycles. The second kappa shape index (κ2) is 6.84. The fraction of sp³-hybridized carbons (Fsp3) is 0.100. The molecule has 0 saturated heterocycles. The van der Waals surface area contributed by atoms with Gasteiger partial charge in [-0.2, -0.15) is 0 Å². The van der Waals surface area contributed by atoms with E-state index in [0.29, 0.717) is 17.7 Å². The van der Waals surface area contributed by atoms with E-state index >= 15 is 0 Å². The quantitative estimate of drug-likeness (QED) is 0.599. The molecule has 0 fully saturated rings. The molecule has 1 amide bonds. The first-order valence-electron chi connectivity index (χ1n) is 8.20. The maximum Gasteiger partial charge on any atom is 0.253 e. The topological polar surface area (TPSA) is 59.5 Å². The lowest BCUT2D eigenvalue weighted by Crippen LogP contribution is -2.22. The Morgan fingerprint density at radius 3 is 2.92 bits per heavy atom. The number of hydrogen-bond donors (Lipinski definition) is 1. The van der Waals surface area contributed by atoms with Crippen molar-refractivity contribution in [1.82, 2.24) is 14.7 Å². The van der Waals surface area contributed by atoms with Gasteiger partial charge in [-0.05, 0) is 42.0 Å². The fourth-order valence-electron chi connectivity index (χ4n) is 2.78. The molecular formula is C20H16FN3O2. The SMILES string of the molecule is O=C(NCc1ccc(Cc2cccc(F)c2)o1)c1ccc2nccn2c1. The molecule has 1 N–H and O–H groups in total. The first-order chi connectivity index (χ1) is 12.7. The van der Waals surface area contributed by atoms with Crippen molar-refractivity contribution in [3.05, 3.63) is 95.6 Å². The Kier molecular flexibility index (Phi) is 4.23. The molecule has 0 aliphatic rings. The number of nitrogens with one attached hydrogen (secondary N) is 1. The van der Waals surface area contributed by atoms with Crippen LogP contribution in [0, 0.1) is 5.82 Å². The van der Waals surface area contributed by atoms with Crippen molar-refractivity contribution in [1.29, 1.82) is 0 Å². The summed E-state index contributed by atoms with van der Waals surface area (Å²) >= 11 is 0. The number of halogens is 1. The highest BCUT2D eigenvalue weighted by molar-refractivity contribution is 5.94. The number of aromatic nitrogens is 2. The number of nitrogens with zero attached hydrogens (tertiary/aromatic N) is 2. The highest BCUT2D eigenvalue weighted by Crippen LogP contribution is 2.14. The number of hydrogen-bond acceptors (Lipinski definition) is 3. The van der Waals surface area contributed by atoms with Gasteiger partial charge in [0.2, 0.25) is 0 Å². The van der Waals surface area contributed by atoms with Crippen LogP contribution in [0.15, 0.2) is 71.5 Å². The summed E-state index contributed by atoms with van der Waals surface area (Å²) in [6.45, 7) is 0.282. The number of rotatable bonds is 5. The van der Waals surface area contributed by atoms with Gasteiger partial charge in [0.1, 0.15) is 23.0 Å². The van der Waals surface area contributed by atoms with Crippen LogP contribution in [0.5, 0.6) is 0 Å². The van der Waals surface area contributed by atoms with E-state index in [1.165, 1.54) is 12.1 Å². The highest BCUT2D eigenvalue weighted by Gasteiger charge is 2.09. The Balaban J connectivity index is 1.38. The standard InChI is InChI=1S/C20H16FN3O2/c21-16-3-1-2-14(10-16)11-17-5-6-18(26-17)12-23-20(25)15-4-7-19-22-8-9-24(19)13-15/h1-10,13H,11-12H2,(H,23,25). The molecule has 6 heteroatoms. The molecule has 130 valence electrons.